The predicted octanol–water partition coefficient (Wildman–Crippen LogP) is 17.2. The number of hydrogen-bond donors (Lipinski definition) is 0. The minimum atomic E-state index is -0.527. The summed E-state index contributed by atoms with van der Waals surface area (Å²) >= 11 is 0. The average Bonchev–Trinajstić information content (AvgIpc) is 3.92. The lowest BCUT2D eigenvalue weighted by Crippen LogP contribution is -2.28. The van der Waals surface area contributed by atoms with Crippen LogP contribution in [0.1, 0.15) is 44.5 Å². The molecule has 0 atom stereocenters. The molecule has 0 radical (unpaired) electrons. The van der Waals surface area contributed by atoms with Crippen LogP contribution in [0.3, 0.4) is 0 Å². The highest BCUT2D eigenvalue weighted by Crippen LogP contribution is 2.60. The predicted molar refractivity (Wildman–Crippen MR) is 287 cm³/mol. The van der Waals surface area contributed by atoms with Crippen LogP contribution in [-0.2, 0) is 10.8 Å². The minimum absolute atomic E-state index is 0.493. The molecule has 0 saturated carbocycles. The highest BCUT2D eigenvalue weighted by Gasteiger charge is 2.48. The van der Waals surface area contributed by atoms with Crippen LogP contribution in [0, 0.1) is 0 Å². The SMILES string of the molecule is c1ccc(-c2ccc(-c3ccc(N(c4ccc(C5(c6ccccc6)c6ccccc6-c6ccccc65)cc4)c4cccc5c4-c4ccccc4C5(c4ccccc4)c4ccccc4)cc3)cc2)cc1. The molecule has 0 saturated heterocycles. The highest BCUT2D eigenvalue weighted by molar-refractivity contribution is 5.98. The molecule has 0 spiro atoms. The fraction of sp³-hybridized carbons (Fsp3) is 0.0294. The summed E-state index contributed by atoms with van der Waals surface area (Å²) in [6, 6.07) is 105. The van der Waals surface area contributed by atoms with Crippen molar-refractivity contribution in [1.29, 1.82) is 0 Å². The maximum absolute atomic E-state index is 2.49. The summed E-state index contributed by atoms with van der Waals surface area (Å²) in [6.07, 6.45) is 0. The lowest BCUT2D eigenvalue weighted by atomic mass is 9.67. The summed E-state index contributed by atoms with van der Waals surface area (Å²) in [6.45, 7) is 0. The van der Waals surface area contributed by atoms with Crippen LogP contribution in [-0.4, -0.2) is 0 Å². The van der Waals surface area contributed by atoms with Gasteiger partial charge < -0.3 is 4.90 Å². The Hall–Kier alpha value is -8.78. The standard InChI is InChI=1S/C68H47N/c1-5-20-48(21-6-1)49-36-38-50(39-37-49)51-40-44-56(45-41-51)69(57-46-42-55(43-47-57)67(52-22-7-2-8-23-52)61-31-16-13-28-58(61)59-29-14-17-32-62(59)67)65-35-19-34-64-66(65)60-30-15-18-33-63(60)68(64,53-24-9-3-10-25-53)54-26-11-4-12-27-54/h1-47H. The van der Waals surface area contributed by atoms with Crippen molar-refractivity contribution in [2.75, 3.05) is 4.90 Å². The fourth-order valence-corrected chi connectivity index (χ4v) is 11.9. The molecule has 324 valence electrons. The Bertz CT molecular complexity index is 3530. The normalized spacial score (nSPS) is 13.4. The topological polar surface area (TPSA) is 3.24 Å². The number of rotatable bonds is 9. The van der Waals surface area contributed by atoms with E-state index in [0.29, 0.717) is 0 Å². The van der Waals surface area contributed by atoms with Crippen LogP contribution < -0.4 is 4.90 Å². The van der Waals surface area contributed by atoms with Crippen molar-refractivity contribution in [2.24, 2.45) is 0 Å². The van der Waals surface area contributed by atoms with Crippen LogP contribution in [0.4, 0.5) is 17.1 Å². The van der Waals surface area contributed by atoms with E-state index in [1.807, 2.05) is 0 Å². The van der Waals surface area contributed by atoms with Crippen LogP contribution in [0.5, 0.6) is 0 Å². The van der Waals surface area contributed by atoms with E-state index in [1.165, 1.54) is 89.0 Å². The molecule has 0 aliphatic heterocycles. The Kier molecular flexibility index (Phi) is 9.70. The molecule has 0 fully saturated rings. The van der Waals surface area contributed by atoms with E-state index >= 15 is 0 Å². The van der Waals surface area contributed by atoms with Gasteiger partial charge in [0.15, 0.2) is 0 Å². The molecule has 0 unspecified atom stereocenters. The second-order valence-electron chi connectivity index (χ2n) is 18.3. The maximum atomic E-state index is 2.49. The first kappa shape index (κ1) is 40.5. The van der Waals surface area contributed by atoms with Gasteiger partial charge in [0.1, 0.15) is 0 Å². The van der Waals surface area contributed by atoms with Gasteiger partial charge >= 0.3 is 0 Å². The molecular weight excluding hydrogens is 831 g/mol. The summed E-state index contributed by atoms with van der Waals surface area (Å²) in [7, 11) is 0. The van der Waals surface area contributed by atoms with E-state index in [2.05, 4.69) is 290 Å². The van der Waals surface area contributed by atoms with Gasteiger partial charge in [-0.25, -0.2) is 0 Å². The van der Waals surface area contributed by atoms with E-state index in [9.17, 15) is 0 Å². The third kappa shape index (κ3) is 6.24. The lowest BCUT2D eigenvalue weighted by molar-refractivity contribution is 0.768. The van der Waals surface area contributed by atoms with Gasteiger partial charge in [-0.05, 0) is 114 Å². The van der Waals surface area contributed by atoms with Crippen LogP contribution >= 0.6 is 0 Å². The third-order valence-corrected chi connectivity index (χ3v) is 14.9. The van der Waals surface area contributed by atoms with Crippen molar-refractivity contribution in [1.82, 2.24) is 0 Å². The zero-order valence-electron chi connectivity index (χ0n) is 38.1. The van der Waals surface area contributed by atoms with E-state index in [0.717, 1.165) is 17.1 Å². The molecule has 11 aromatic carbocycles. The summed E-state index contributed by atoms with van der Waals surface area (Å²) in [5.74, 6) is 0. The van der Waals surface area contributed by atoms with Crippen LogP contribution in [0.2, 0.25) is 0 Å². The van der Waals surface area contributed by atoms with Gasteiger partial charge in [0.05, 0.1) is 16.5 Å². The molecule has 0 aromatic heterocycles. The summed E-state index contributed by atoms with van der Waals surface area (Å²) in [5.41, 5.74) is 22.3. The van der Waals surface area contributed by atoms with Gasteiger partial charge in [-0.1, -0.05) is 255 Å². The van der Waals surface area contributed by atoms with E-state index < -0.39 is 10.8 Å². The highest BCUT2D eigenvalue weighted by atomic mass is 15.1. The summed E-state index contributed by atoms with van der Waals surface area (Å²) in [4.78, 5) is 2.49. The van der Waals surface area contributed by atoms with Gasteiger partial charge in [0.2, 0.25) is 0 Å². The van der Waals surface area contributed by atoms with E-state index in [4.69, 9.17) is 0 Å². The lowest BCUT2D eigenvalue weighted by Gasteiger charge is -2.35. The fourth-order valence-electron chi connectivity index (χ4n) is 11.9. The molecule has 0 amide bonds. The van der Waals surface area contributed by atoms with Crippen molar-refractivity contribution >= 4 is 17.1 Å². The largest absolute Gasteiger partial charge is 0.310 e. The molecule has 1 nitrogen and oxygen atoms in total. The maximum Gasteiger partial charge on any atom is 0.0714 e. The Balaban J connectivity index is 1.02. The summed E-state index contributed by atoms with van der Waals surface area (Å²) < 4.78 is 0. The minimum Gasteiger partial charge on any atom is -0.310 e. The number of fused-ring (bicyclic) bond motifs is 6. The third-order valence-electron chi connectivity index (χ3n) is 14.9. The van der Waals surface area contributed by atoms with Crippen molar-refractivity contribution in [3.63, 3.8) is 0 Å². The number of nitrogens with zero attached hydrogens (tertiary/aromatic N) is 1. The Morgan fingerprint density at radius 3 is 1.01 bits per heavy atom. The first-order valence-electron chi connectivity index (χ1n) is 24.0. The number of anilines is 3. The van der Waals surface area contributed by atoms with Crippen molar-refractivity contribution in [3.05, 3.63) is 330 Å². The van der Waals surface area contributed by atoms with Crippen molar-refractivity contribution in [2.45, 2.75) is 10.8 Å². The molecule has 0 N–H and O–H groups in total. The number of benzene rings is 11. The average molecular weight is 878 g/mol. The van der Waals surface area contributed by atoms with Crippen LogP contribution in [0.15, 0.2) is 285 Å². The molecule has 13 rings (SSSR count). The van der Waals surface area contributed by atoms with Gasteiger partial charge in [-0.2, -0.15) is 0 Å². The second kappa shape index (κ2) is 16.5. The van der Waals surface area contributed by atoms with E-state index in [1.54, 1.807) is 0 Å². The Morgan fingerprint density at radius 2 is 0.536 bits per heavy atom. The zero-order chi connectivity index (χ0) is 45.8. The quantitative estimate of drug-likeness (QED) is 0.140. The first-order chi connectivity index (χ1) is 34.2. The van der Waals surface area contributed by atoms with E-state index in [-0.39, 0.29) is 0 Å². The zero-order valence-corrected chi connectivity index (χ0v) is 38.1. The first-order valence-corrected chi connectivity index (χ1v) is 24.0. The molecule has 1 heteroatoms. The molecular formula is C68H47N. The molecule has 0 bridgehead atoms. The van der Waals surface area contributed by atoms with Gasteiger partial charge in [0, 0.05) is 16.9 Å². The number of hydrogen-bond acceptors (Lipinski definition) is 1. The van der Waals surface area contributed by atoms with Crippen molar-refractivity contribution < 1.29 is 0 Å². The Labute approximate surface area is 404 Å². The molecule has 69 heavy (non-hydrogen) atoms. The second-order valence-corrected chi connectivity index (χ2v) is 18.3. The molecule has 0 heterocycles. The Morgan fingerprint density at radius 1 is 0.217 bits per heavy atom. The smallest absolute Gasteiger partial charge is 0.0714 e. The van der Waals surface area contributed by atoms with Crippen LogP contribution in [0.25, 0.3) is 44.5 Å². The van der Waals surface area contributed by atoms with Gasteiger partial charge in [-0.15, -0.1) is 0 Å². The molecule has 11 aromatic rings. The molecule has 2 aliphatic carbocycles. The van der Waals surface area contributed by atoms with Gasteiger partial charge in [-0.3, -0.25) is 0 Å². The van der Waals surface area contributed by atoms with Crippen molar-refractivity contribution in [3.8, 4) is 44.5 Å². The monoisotopic (exact) mass is 877 g/mol. The molecule has 2 aliphatic rings. The van der Waals surface area contributed by atoms with Gasteiger partial charge in [0.25, 0.3) is 0 Å². The summed E-state index contributed by atoms with van der Waals surface area (Å²) in [5, 5.41) is 0.